The van der Waals surface area contributed by atoms with Crippen LogP contribution in [0.15, 0.2) is 48.5 Å². The van der Waals surface area contributed by atoms with Gasteiger partial charge in [0.15, 0.2) is 0 Å². The number of nitrogens with one attached hydrogen (secondary N) is 1. The van der Waals surface area contributed by atoms with Crippen LogP contribution in [0.4, 0.5) is 22.4 Å². The summed E-state index contributed by atoms with van der Waals surface area (Å²) in [6.45, 7) is 2.31. The molecule has 2 aromatic carbocycles. The molecule has 9 heteroatoms. The van der Waals surface area contributed by atoms with Gasteiger partial charge in [0, 0.05) is 25.2 Å². The number of alkyl halides is 3. The molecule has 2 unspecified atom stereocenters. The molecule has 172 valence electrons. The van der Waals surface area contributed by atoms with E-state index in [9.17, 15) is 27.2 Å². The molecule has 2 atom stereocenters. The van der Waals surface area contributed by atoms with Crippen molar-refractivity contribution < 1.29 is 31.9 Å². The number of amides is 2. The topological polar surface area (TPSA) is 58.6 Å². The van der Waals surface area contributed by atoms with E-state index in [0.29, 0.717) is 30.8 Å². The van der Waals surface area contributed by atoms with E-state index >= 15 is 0 Å². The fourth-order valence-electron chi connectivity index (χ4n) is 3.68. The van der Waals surface area contributed by atoms with Crippen molar-refractivity contribution >= 4 is 12.0 Å². The van der Waals surface area contributed by atoms with E-state index in [0.717, 1.165) is 18.9 Å². The highest BCUT2D eigenvalue weighted by Crippen LogP contribution is 2.30. The molecule has 0 saturated carbocycles. The first-order chi connectivity index (χ1) is 15.2. The summed E-state index contributed by atoms with van der Waals surface area (Å²) in [5.41, 5.74) is -0.728. The van der Waals surface area contributed by atoms with E-state index in [1.807, 2.05) is 0 Å². The van der Waals surface area contributed by atoms with Crippen molar-refractivity contribution in [3.63, 3.8) is 0 Å². The number of likely N-dealkylation sites (tertiary alicyclic amines) is 1. The minimum absolute atomic E-state index is 0.290. The lowest BCUT2D eigenvalue weighted by Crippen LogP contribution is -2.39. The van der Waals surface area contributed by atoms with Crippen molar-refractivity contribution in [2.45, 2.75) is 44.5 Å². The van der Waals surface area contributed by atoms with Gasteiger partial charge < -0.3 is 15.0 Å². The van der Waals surface area contributed by atoms with Crippen LogP contribution in [0, 0.1) is 5.82 Å². The molecule has 3 rings (SSSR count). The Morgan fingerprint density at radius 1 is 1.09 bits per heavy atom. The van der Waals surface area contributed by atoms with Crippen molar-refractivity contribution in [2.75, 3.05) is 13.1 Å². The third-order valence-corrected chi connectivity index (χ3v) is 5.39. The van der Waals surface area contributed by atoms with Crippen LogP contribution in [0.2, 0.25) is 0 Å². The second-order valence-electron chi connectivity index (χ2n) is 7.69. The Kier molecular flexibility index (Phi) is 7.37. The zero-order valence-corrected chi connectivity index (χ0v) is 17.5. The molecule has 5 nitrogen and oxygen atoms in total. The molecule has 1 N–H and O–H groups in total. The van der Waals surface area contributed by atoms with Crippen LogP contribution >= 0.6 is 0 Å². The highest BCUT2D eigenvalue weighted by molar-refractivity contribution is 5.84. The lowest BCUT2D eigenvalue weighted by atomic mass is 9.93. The quantitative estimate of drug-likeness (QED) is 0.637. The van der Waals surface area contributed by atoms with Crippen molar-refractivity contribution in [1.82, 2.24) is 10.2 Å². The largest absolute Gasteiger partial charge is 0.445 e. The van der Waals surface area contributed by atoms with Crippen LogP contribution in [0.25, 0.3) is 0 Å². The summed E-state index contributed by atoms with van der Waals surface area (Å²) in [5.74, 6) is -2.37. The molecule has 1 heterocycles. The third kappa shape index (κ3) is 5.77. The van der Waals surface area contributed by atoms with Crippen molar-refractivity contribution in [3.8, 4) is 0 Å². The minimum atomic E-state index is -4.63. The molecular weight excluding hydrogens is 428 g/mol. The van der Waals surface area contributed by atoms with Gasteiger partial charge in [-0.3, -0.25) is 4.79 Å². The standard InChI is InChI=1S/C23H24F4N2O3/c1-15(32-22(31)29-11-5-6-12-29)20(16-7-3-2-4-8-16)21(30)28-14-17-13-18(23(25,26)27)9-10-19(17)24/h2-4,7-10,13,15,20H,5-6,11-12,14H2,1H3,(H,28,30). The molecule has 1 aliphatic heterocycles. The van der Waals surface area contributed by atoms with Crippen LogP contribution in [0.1, 0.15) is 42.4 Å². The number of carbonyl (C=O) groups excluding carboxylic acids is 2. The summed E-state index contributed by atoms with van der Waals surface area (Å²) in [5, 5.41) is 2.49. The van der Waals surface area contributed by atoms with Gasteiger partial charge in [-0.25, -0.2) is 9.18 Å². The number of rotatable bonds is 6. The maximum atomic E-state index is 14.0. The average molecular weight is 452 g/mol. The summed E-state index contributed by atoms with van der Waals surface area (Å²) in [6, 6.07) is 10.6. The first kappa shape index (κ1) is 23.6. The number of nitrogens with zero attached hydrogens (tertiary/aromatic N) is 1. The number of hydrogen-bond acceptors (Lipinski definition) is 3. The number of carbonyl (C=O) groups is 2. The number of halogens is 4. The lowest BCUT2D eigenvalue weighted by molar-refractivity contribution is -0.137. The van der Waals surface area contributed by atoms with Gasteiger partial charge in [-0.2, -0.15) is 13.2 Å². The average Bonchev–Trinajstić information content (AvgIpc) is 3.28. The predicted octanol–water partition coefficient (Wildman–Crippen LogP) is 4.87. The minimum Gasteiger partial charge on any atom is -0.445 e. The molecule has 0 aromatic heterocycles. The van der Waals surface area contributed by atoms with E-state index in [2.05, 4.69) is 5.32 Å². The molecule has 0 bridgehead atoms. The highest BCUT2D eigenvalue weighted by Gasteiger charge is 2.33. The Bertz CT molecular complexity index is 944. The first-order valence-corrected chi connectivity index (χ1v) is 10.3. The second kappa shape index (κ2) is 10.0. The van der Waals surface area contributed by atoms with Crippen molar-refractivity contribution in [2.24, 2.45) is 0 Å². The predicted molar refractivity (Wildman–Crippen MR) is 109 cm³/mol. The number of benzene rings is 2. The van der Waals surface area contributed by atoms with Crippen LogP contribution < -0.4 is 5.32 Å². The highest BCUT2D eigenvalue weighted by atomic mass is 19.4. The van der Waals surface area contributed by atoms with Gasteiger partial charge in [-0.05, 0) is 43.5 Å². The van der Waals surface area contributed by atoms with E-state index in [1.165, 1.54) is 0 Å². The van der Waals surface area contributed by atoms with Crippen LogP contribution in [-0.2, 0) is 22.3 Å². The molecule has 2 amide bonds. The third-order valence-electron chi connectivity index (χ3n) is 5.39. The number of hydrogen-bond donors (Lipinski definition) is 1. The normalized spacial score (nSPS) is 15.8. The van der Waals surface area contributed by atoms with Crippen molar-refractivity contribution in [1.29, 1.82) is 0 Å². The second-order valence-corrected chi connectivity index (χ2v) is 7.69. The Hall–Kier alpha value is -3.10. The molecule has 32 heavy (non-hydrogen) atoms. The first-order valence-electron chi connectivity index (χ1n) is 10.3. The maximum absolute atomic E-state index is 14.0. The zero-order valence-electron chi connectivity index (χ0n) is 17.5. The molecule has 1 saturated heterocycles. The van der Waals surface area contributed by atoms with E-state index in [4.69, 9.17) is 4.74 Å². The summed E-state index contributed by atoms with van der Waals surface area (Å²) in [7, 11) is 0. The summed E-state index contributed by atoms with van der Waals surface area (Å²) in [4.78, 5) is 26.9. The smallest absolute Gasteiger partial charge is 0.416 e. The van der Waals surface area contributed by atoms with Crippen LogP contribution in [-0.4, -0.2) is 36.1 Å². The number of ether oxygens (including phenoxy) is 1. The van der Waals surface area contributed by atoms with E-state index in [-0.39, 0.29) is 5.56 Å². The lowest BCUT2D eigenvalue weighted by Gasteiger charge is -2.26. The Balaban J connectivity index is 1.75. The van der Waals surface area contributed by atoms with Gasteiger partial charge in [0.05, 0.1) is 11.5 Å². The molecular formula is C23H24F4N2O3. The van der Waals surface area contributed by atoms with E-state index < -0.39 is 48.1 Å². The maximum Gasteiger partial charge on any atom is 0.416 e. The molecule has 1 fully saturated rings. The fraction of sp³-hybridized carbons (Fsp3) is 0.391. The van der Waals surface area contributed by atoms with Crippen LogP contribution in [0.3, 0.4) is 0 Å². The molecule has 1 aliphatic rings. The Morgan fingerprint density at radius 3 is 2.38 bits per heavy atom. The zero-order chi connectivity index (χ0) is 23.3. The SMILES string of the molecule is CC(OC(=O)N1CCCC1)C(C(=O)NCc1cc(C(F)(F)F)ccc1F)c1ccccc1. The van der Waals surface area contributed by atoms with Gasteiger partial charge in [0.1, 0.15) is 11.9 Å². The Labute approximate surface area is 183 Å². The van der Waals surface area contributed by atoms with E-state index in [1.54, 1.807) is 42.2 Å². The fourth-order valence-corrected chi connectivity index (χ4v) is 3.68. The molecule has 0 radical (unpaired) electrons. The van der Waals surface area contributed by atoms with Gasteiger partial charge in [-0.15, -0.1) is 0 Å². The van der Waals surface area contributed by atoms with Gasteiger partial charge in [0.2, 0.25) is 5.91 Å². The monoisotopic (exact) mass is 452 g/mol. The Morgan fingerprint density at radius 2 is 1.75 bits per heavy atom. The molecule has 2 aromatic rings. The van der Waals surface area contributed by atoms with Gasteiger partial charge in [-0.1, -0.05) is 30.3 Å². The molecule has 0 aliphatic carbocycles. The van der Waals surface area contributed by atoms with Gasteiger partial charge >= 0.3 is 12.3 Å². The summed E-state index contributed by atoms with van der Waals surface area (Å²) < 4.78 is 58.4. The van der Waals surface area contributed by atoms with Crippen molar-refractivity contribution in [3.05, 3.63) is 71.0 Å². The summed E-state index contributed by atoms with van der Waals surface area (Å²) >= 11 is 0. The van der Waals surface area contributed by atoms with Crippen LogP contribution in [0.5, 0.6) is 0 Å². The summed E-state index contributed by atoms with van der Waals surface area (Å²) in [6.07, 6.45) is -4.23. The van der Waals surface area contributed by atoms with Gasteiger partial charge in [0.25, 0.3) is 0 Å². The molecule has 0 spiro atoms.